The first kappa shape index (κ1) is 20.9. The predicted octanol–water partition coefficient (Wildman–Crippen LogP) is 4.56. The third-order valence-corrected chi connectivity index (χ3v) is 5.75. The summed E-state index contributed by atoms with van der Waals surface area (Å²) in [7, 11) is 0. The summed E-state index contributed by atoms with van der Waals surface area (Å²) in [5, 5.41) is 6.05. The molecular formula is C24H31N3O2. The summed E-state index contributed by atoms with van der Waals surface area (Å²) >= 11 is 0. The van der Waals surface area contributed by atoms with E-state index in [1.54, 1.807) is 4.90 Å². The number of carbonyl (C=O) groups excluding carboxylic acids is 2. The Kier molecular flexibility index (Phi) is 6.26. The van der Waals surface area contributed by atoms with Crippen LogP contribution in [-0.2, 0) is 11.3 Å². The van der Waals surface area contributed by atoms with Crippen LogP contribution in [0.4, 0.5) is 10.5 Å². The van der Waals surface area contributed by atoms with Gasteiger partial charge >= 0.3 is 6.03 Å². The molecule has 154 valence electrons. The minimum atomic E-state index is -0.443. The molecule has 2 N–H and O–H groups in total. The van der Waals surface area contributed by atoms with Crippen LogP contribution in [0.5, 0.6) is 0 Å². The number of amides is 3. The van der Waals surface area contributed by atoms with Crippen LogP contribution < -0.4 is 10.6 Å². The van der Waals surface area contributed by atoms with Crippen LogP contribution in [0.15, 0.2) is 42.5 Å². The monoisotopic (exact) mass is 393 g/mol. The molecule has 29 heavy (non-hydrogen) atoms. The van der Waals surface area contributed by atoms with Gasteiger partial charge in [0.25, 0.3) is 0 Å². The van der Waals surface area contributed by atoms with Crippen LogP contribution in [0.3, 0.4) is 0 Å². The van der Waals surface area contributed by atoms with Gasteiger partial charge in [-0.25, -0.2) is 4.79 Å². The first-order valence-electron chi connectivity index (χ1n) is 10.2. The average molecular weight is 394 g/mol. The first-order valence-corrected chi connectivity index (χ1v) is 10.2. The molecule has 0 aliphatic carbocycles. The maximum atomic E-state index is 12.8. The summed E-state index contributed by atoms with van der Waals surface area (Å²) < 4.78 is 0. The lowest BCUT2D eigenvalue weighted by atomic mass is 9.79. The maximum Gasteiger partial charge on any atom is 0.321 e. The average Bonchev–Trinajstić information content (AvgIpc) is 2.67. The molecule has 2 aromatic rings. The van der Waals surface area contributed by atoms with E-state index in [4.69, 9.17) is 0 Å². The molecular weight excluding hydrogens is 362 g/mol. The standard InChI is InChI=1S/C24H31N3O2/c1-17-5-7-20(8-6-17)16-25-22(28)24(4)9-11-27(12-10-24)23(29)26-21-14-18(2)13-19(3)15-21/h5-8,13-15H,9-12,16H2,1-4H3,(H,25,28)(H,26,29). The third kappa shape index (κ3) is 5.37. The van der Waals surface area contributed by atoms with Gasteiger partial charge in [0, 0.05) is 30.7 Å². The molecule has 1 saturated heterocycles. The Bertz CT molecular complexity index is 861. The molecule has 1 heterocycles. The van der Waals surface area contributed by atoms with E-state index in [1.807, 2.05) is 52.0 Å². The van der Waals surface area contributed by atoms with Crippen LogP contribution in [0.1, 0.15) is 42.0 Å². The van der Waals surface area contributed by atoms with Crippen molar-refractivity contribution >= 4 is 17.6 Å². The van der Waals surface area contributed by atoms with Gasteiger partial charge < -0.3 is 15.5 Å². The highest BCUT2D eigenvalue weighted by Crippen LogP contribution is 2.31. The zero-order chi connectivity index (χ0) is 21.0. The van der Waals surface area contributed by atoms with Gasteiger partial charge in [-0.05, 0) is 62.4 Å². The van der Waals surface area contributed by atoms with Crippen molar-refractivity contribution in [3.63, 3.8) is 0 Å². The van der Waals surface area contributed by atoms with Crippen molar-refractivity contribution in [1.82, 2.24) is 10.2 Å². The zero-order valence-electron chi connectivity index (χ0n) is 17.8. The molecule has 0 spiro atoms. The van der Waals surface area contributed by atoms with Gasteiger partial charge in [-0.2, -0.15) is 0 Å². The highest BCUT2D eigenvalue weighted by atomic mass is 16.2. The van der Waals surface area contributed by atoms with Gasteiger partial charge in [0.1, 0.15) is 0 Å². The highest BCUT2D eigenvalue weighted by Gasteiger charge is 2.37. The summed E-state index contributed by atoms with van der Waals surface area (Å²) in [5.74, 6) is 0.0624. The number of carbonyl (C=O) groups is 2. The predicted molar refractivity (Wildman–Crippen MR) is 117 cm³/mol. The van der Waals surface area contributed by atoms with Crippen LogP contribution in [0.2, 0.25) is 0 Å². The summed E-state index contributed by atoms with van der Waals surface area (Å²) in [6.45, 7) is 9.76. The van der Waals surface area contributed by atoms with E-state index in [0.29, 0.717) is 32.5 Å². The Labute approximate surface area is 173 Å². The minimum Gasteiger partial charge on any atom is -0.352 e. The Balaban J connectivity index is 1.51. The number of hydrogen-bond acceptors (Lipinski definition) is 2. The quantitative estimate of drug-likeness (QED) is 0.800. The summed E-state index contributed by atoms with van der Waals surface area (Å²) in [5.41, 5.74) is 4.92. The number of rotatable bonds is 4. The molecule has 0 aromatic heterocycles. The van der Waals surface area contributed by atoms with E-state index >= 15 is 0 Å². The fourth-order valence-electron chi connectivity index (χ4n) is 3.78. The Morgan fingerprint density at radius 1 is 0.931 bits per heavy atom. The Morgan fingerprint density at radius 2 is 1.52 bits per heavy atom. The Morgan fingerprint density at radius 3 is 2.10 bits per heavy atom. The van der Waals surface area contributed by atoms with Gasteiger partial charge in [0.05, 0.1) is 0 Å². The fourth-order valence-corrected chi connectivity index (χ4v) is 3.78. The molecule has 0 bridgehead atoms. The Hall–Kier alpha value is -2.82. The van der Waals surface area contributed by atoms with Gasteiger partial charge in [0.15, 0.2) is 0 Å². The van der Waals surface area contributed by atoms with E-state index in [1.165, 1.54) is 5.56 Å². The largest absolute Gasteiger partial charge is 0.352 e. The number of nitrogens with zero attached hydrogens (tertiary/aromatic N) is 1. The molecule has 3 rings (SSSR count). The van der Waals surface area contributed by atoms with Gasteiger partial charge in [-0.3, -0.25) is 4.79 Å². The normalized spacial score (nSPS) is 15.7. The lowest BCUT2D eigenvalue weighted by Gasteiger charge is -2.38. The molecule has 5 heteroatoms. The molecule has 1 aliphatic heterocycles. The number of piperidine rings is 1. The molecule has 1 aliphatic rings. The van der Waals surface area contributed by atoms with Crippen molar-refractivity contribution in [2.45, 2.75) is 47.1 Å². The number of aryl methyl sites for hydroxylation is 3. The molecule has 3 amide bonds. The van der Waals surface area contributed by atoms with Crippen LogP contribution in [0.25, 0.3) is 0 Å². The van der Waals surface area contributed by atoms with Crippen LogP contribution >= 0.6 is 0 Å². The third-order valence-electron chi connectivity index (χ3n) is 5.75. The lowest BCUT2D eigenvalue weighted by molar-refractivity contribution is -0.132. The SMILES string of the molecule is Cc1ccc(CNC(=O)C2(C)CCN(C(=O)Nc3cc(C)cc(C)c3)CC2)cc1. The van der Waals surface area contributed by atoms with E-state index in [0.717, 1.165) is 22.4 Å². The summed E-state index contributed by atoms with van der Waals surface area (Å²) in [4.78, 5) is 27.2. The number of benzene rings is 2. The number of hydrogen-bond donors (Lipinski definition) is 2. The van der Waals surface area contributed by atoms with E-state index in [-0.39, 0.29) is 11.9 Å². The van der Waals surface area contributed by atoms with E-state index < -0.39 is 5.41 Å². The minimum absolute atomic E-state index is 0.0624. The molecule has 2 aromatic carbocycles. The number of anilines is 1. The molecule has 5 nitrogen and oxygen atoms in total. The van der Waals surface area contributed by atoms with Crippen molar-refractivity contribution in [3.8, 4) is 0 Å². The fraction of sp³-hybridized carbons (Fsp3) is 0.417. The van der Waals surface area contributed by atoms with E-state index in [2.05, 4.69) is 28.8 Å². The van der Waals surface area contributed by atoms with Crippen molar-refractivity contribution in [2.24, 2.45) is 5.41 Å². The van der Waals surface area contributed by atoms with Gasteiger partial charge in [-0.1, -0.05) is 42.8 Å². The second-order valence-corrected chi connectivity index (χ2v) is 8.52. The number of urea groups is 1. The highest BCUT2D eigenvalue weighted by molar-refractivity contribution is 5.90. The maximum absolute atomic E-state index is 12.8. The van der Waals surface area contributed by atoms with Crippen molar-refractivity contribution in [1.29, 1.82) is 0 Å². The van der Waals surface area contributed by atoms with Crippen LogP contribution in [-0.4, -0.2) is 29.9 Å². The van der Waals surface area contributed by atoms with Gasteiger partial charge in [-0.15, -0.1) is 0 Å². The second kappa shape index (κ2) is 8.68. The molecule has 1 fully saturated rings. The topological polar surface area (TPSA) is 61.4 Å². The second-order valence-electron chi connectivity index (χ2n) is 8.52. The summed E-state index contributed by atoms with van der Waals surface area (Å²) in [6, 6.07) is 14.1. The first-order chi connectivity index (χ1) is 13.7. The number of likely N-dealkylation sites (tertiary alicyclic amines) is 1. The molecule has 0 unspecified atom stereocenters. The summed E-state index contributed by atoms with van der Waals surface area (Å²) in [6.07, 6.45) is 1.32. The number of nitrogens with one attached hydrogen (secondary N) is 2. The van der Waals surface area contributed by atoms with Crippen molar-refractivity contribution < 1.29 is 9.59 Å². The van der Waals surface area contributed by atoms with Crippen molar-refractivity contribution in [3.05, 3.63) is 64.7 Å². The smallest absolute Gasteiger partial charge is 0.321 e. The van der Waals surface area contributed by atoms with Gasteiger partial charge in [0.2, 0.25) is 5.91 Å². The molecule has 0 atom stereocenters. The molecule has 0 saturated carbocycles. The van der Waals surface area contributed by atoms with E-state index in [9.17, 15) is 9.59 Å². The van der Waals surface area contributed by atoms with Crippen LogP contribution in [0, 0.1) is 26.2 Å². The van der Waals surface area contributed by atoms with Crippen molar-refractivity contribution in [2.75, 3.05) is 18.4 Å². The molecule has 0 radical (unpaired) electrons. The lowest BCUT2D eigenvalue weighted by Crippen LogP contribution is -2.49. The zero-order valence-corrected chi connectivity index (χ0v) is 17.8.